The maximum atomic E-state index is 4.13. The van der Waals surface area contributed by atoms with Gasteiger partial charge in [-0.2, -0.15) is 0 Å². The first-order chi connectivity index (χ1) is 8.27. The van der Waals surface area contributed by atoms with Crippen molar-refractivity contribution in [2.45, 2.75) is 25.9 Å². The monoisotopic (exact) mass is 314 g/mol. The number of nitrogens with one attached hydrogen (secondary N) is 1. The van der Waals surface area contributed by atoms with Gasteiger partial charge in [-0.25, -0.2) is 4.68 Å². The highest BCUT2D eigenvalue weighted by Crippen LogP contribution is 2.32. The number of aromatic nitrogens is 3. The zero-order chi connectivity index (χ0) is 12.3. The molecule has 0 aliphatic rings. The molecular weight excluding hydrogens is 300 g/mol. The molecule has 0 spiro atoms. The third kappa shape index (κ3) is 2.59. The van der Waals surface area contributed by atoms with Gasteiger partial charge in [0, 0.05) is 15.9 Å². The molecule has 0 aromatic carbocycles. The molecule has 2 rings (SSSR count). The van der Waals surface area contributed by atoms with Gasteiger partial charge in [-0.3, -0.25) is 0 Å². The van der Waals surface area contributed by atoms with Crippen LogP contribution in [0.5, 0.6) is 0 Å². The molecule has 0 bridgehead atoms. The molecule has 0 aliphatic heterocycles. The van der Waals surface area contributed by atoms with E-state index >= 15 is 0 Å². The highest BCUT2D eigenvalue weighted by molar-refractivity contribution is 9.10. The van der Waals surface area contributed by atoms with E-state index in [9.17, 15) is 0 Å². The lowest BCUT2D eigenvalue weighted by atomic mass is 10.2. The molecule has 0 saturated carbocycles. The van der Waals surface area contributed by atoms with Crippen molar-refractivity contribution >= 4 is 27.3 Å². The van der Waals surface area contributed by atoms with Crippen LogP contribution in [0.15, 0.2) is 22.1 Å². The van der Waals surface area contributed by atoms with Gasteiger partial charge in [-0.05, 0) is 40.8 Å². The first kappa shape index (κ1) is 12.7. The van der Waals surface area contributed by atoms with E-state index in [0.29, 0.717) is 0 Å². The molecule has 6 heteroatoms. The van der Waals surface area contributed by atoms with Gasteiger partial charge in [0.1, 0.15) is 0 Å². The van der Waals surface area contributed by atoms with Gasteiger partial charge >= 0.3 is 0 Å². The van der Waals surface area contributed by atoms with Crippen LogP contribution in [0.4, 0.5) is 0 Å². The molecule has 0 fully saturated rings. The number of thiophene rings is 1. The Labute approximate surface area is 113 Å². The zero-order valence-electron chi connectivity index (χ0n) is 9.85. The van der Waals surface area contributed by atoms with E-state index in [1.807, 2.05) is 17.9 Å². The molecule has 1 N–H and O–H groups in total. The number of rotatable bonds is 5. The Morgan fingerprint density at radius 3 is 3.00 bits per heavy atom. The average molecular weight is 315 g/mol. The Balaban J connectivity index is 2.35. The molecule has 4 nitrogen and oxygen atoms in total. The first-order valence-electron chi connectivity index (χ1n) is 5.56. The van der Waals surface area contributed by atoms with Gasteiger partial charge in [0.25, 0.3) is 0 Å². The van der Waals surface area contributed by atoms with Crippen LogP contribution in [0.3, 0.4) is 0 Å². The molecule has 2 aromatic rings. The van der Waals surface area contributed by atoms with Gasteiger partial charge in [0.05, 0.1) is 17.9 Å². The predicted molar refractivity (Wildman–Crippen MR) is 73.2 cm³/mol. The maximum Gasteiger partial charge on any atom is 0.0867 e. The minimum absolute atomic E-state index is 0.144. The Bertz CT molecular complexity index is 479. The van der Waals surface area contributed by atoms with Crippen molar-refractivity contribution in [2.75, 3.05) is 7.05 Å². The van der Waals surface area contributed by atoms with Gasteiger partial charge in [-0.15, -0.1) is 16.4 Å². The number of aryl methyl sites for hydroxylation is 1. The maximum absolute atomic E-state index is 4.13. The second-order valence-electron chi connectivity index (χ2n) is 3.74. The predicted octanol–water partition coefficient (Wildman–Crippen LogP) is 2.82. The van der Waals surface area contributed by atoms with Gasteiger partial charge in [0.15, 0.2) is 0 Å². The summed E-state index contributed by atoms with van der Waals surface area (Å²) < 4.78 is 3.10. The normalized spacial score (nSPS) is 12.9. The summed E-state index contributed by atoms with van der Waals surface area (Å²) in [6.07, 6.45) is 2.89. The Morgan fingerprint density at radius 2 is 2.41 bits per heavy atom. The highest BCUT2D eigenvalue weighted by Gasteiger charge is 2.20. The first-order valence-corrected chi connectivity index (χ1v) is 7.23. The van der Waals surface area contributed by atoms with Gasteiger partial charge < -0.3 is 5.32 Å². The minimum atomic E-state index is 0.144. The number of halogens is 1. The van der Waals surface area contributed by atoms with Crippen molar-refractivity contribution < 1.29 is 0 Å². The van der Waals surface area contributed by atoms with Crippen molar-refractivity contribution in [1.29, 1.82) is 0 Å². The van der Waals surface area contributed by atoms with Crippen molar-refractivity contribution in [3.8, 4) is 0 Å². The van der Waals surface area contributed by atoms with E-state index in [4.69, 9.17) is 0 Å². The molecular formula is C11H15BrN4S. The van der Waals surface area contributed by atoms with E-state index in [1.165, 1.54) is 4.88 Å². The number of hydrogen-bond donors (Lipinski definition) is 1. The molecule has 0 aliphatic carbocycles. The molecule has 1 unspecified atom stereocenters. The topological polar surface area (TPSA) is 42.7 Å². The second kappa shape index (κ2) is 5.75. The van der Waals surface area contributed by atoms with Crippen LogP contribution in [-0.4, -0.2) is 22.0 Å². The van der Waals surface area contributed by atoms with E-state index in [2.05, 4.69) is 49.9 Å². The average Bonchev–Trinajstić information content (AvgIpc) is 2.92. The number of nitrogens with zero attached hydrogens (tertiary/aromatic N) is 3. The standard InChI is InChI=1S/C11H15BrN4S/c1-3-5-16-9(7-14-15-16)10(13-2)11-8(12)4-6-17-11/h4,6-7,10,13H,3,5H2,1-2H3. The smallest absolute Gasteiger partial charge is 0.0867 e. The van der Waals surface area contributed by atoms with Crippen LogP contribution in [0.1, 0.15) is 30.0 Å². The lowest BCUT2D eigenvalue weighted by molar-refractivity contribution is 0.525. The van der Waals surface area contributed by atoms with Gasteiger partial charge in [0.2, 0.25) is 0 Å². The SMILES string of the molecule is CCCn1nncc1C(NC)c1sccc1Br. The van der Waals surface area contributed by atoms with Crippen LogP contribution in [0, 0.1) is 0 Å². The summed E-state index contributed by atoms with van der Waals surface area (Å²) in [7, 11) is 1.96. The molecule has 2 heterocycles. The van der Waals surface area contributed by atoms with E-state index in [0.717, 1.165) is 23.1 Å². The summed E-state index contributed by atoms with van der Waals surface area (Å²) in [6, 6.07) is 2.21. The molecule has 0 saturated heterocycles. The van der Waals surface area contributed by atoms with E-state index < -0.39 is 0 Å². The lowest BCUT2D eigenvalue weighted by Crippen LogP contribution is -2.21. The largest absolute Gasteiger partial charge is 0.307 e. The van der Waals surface area contributed by atoms with Gasteiger partial charge in [-0.1, -0.05) is 12.1 Å². The third-order valence-corrected chi connectivity index (χ3v) is 4.51. The van der Waals surface area contributed by atoms with Crippen molar-refractivity contribution in [2.24, 2.45) is 0 Å². The summed E-state index contributed by atoms with van der Waals surface area (Å²) in [5, 5.41) is 13.5. The molecule has 1 atom stereocenters. The summed E-state index contributed by atoms with van der Waals surface area (Å²) in [6.45, 7) is 3.04. The lowest BCUT2D eigenvalue weighted by Gasteiger charge is -2.16. The second-order valence-corrected chi connectivity index (χ2v) is 5.54. The van der Waals surface area contributed by atoms with Crippen LogP contribution in [-0.2, 0) is 6.54 Å². The Kier molecular flexibility index (Phi) is 4.31. The van der Waals surface area contributed by atoms with Crippen LogP contribution >= 0.6 is 27.3 Å². The quantitative estimate of drug-likeness (QED) is 0.922. The van der Waals surface area contributed by atoms with E-state index in [-0.39, 0.29) is 6.04 Å². The van der Waals surface area contributed by atoms with E-state index in [1.54, 1.807) is 11.3 Å². The third-order valence-electron chi connectivity index (χ3n) is 2.57. The van der Waals surface area contributed by atoms with Crippen molar-refractivity contribution in [1.82, 2.24) is 20.3 Å². The Hall–Kier alpha value is -0.720. The molecule has 92 valence electrons. The molecule has 2 aromatic heterocycles. The van der Waals surface area contributed by atoms with Crippen LogP contribution < -0.4 is 5.32 Å². The summed E-state index contributed by atoms with van der Waals surface area (Å²) >= 11 is 5.31. The minimum Gasteiger partial charge on any atom is -0.307 e. The fraction of sp³-hybridized carbons (Fsp3) is 0.455. The molecule has 17 heavy (non-hydrogen) atoms. The zero-order valence-corrected chi connectivity index (χ0v) is 12.3. The fourth-order valence-electron chi connectivity index (χ4n) is 1.80. The van der Waals surface area contributed by atoms with Crippen molar-refractivity contribution in [3.63, 3.8) is 0 Å². The van der Waals surface area contributed by atoms with Crippen molar-refractivity contribution in [3.05, 3.63) is 32.7 Å². The molecule has 0 amide bonds. The summed E-state index contributed by atoms with van der Waals surface area (Å²) in [5.74, 6) is 0. The molecule has 0 radical (unpaired) electrons. The number of hydrogen-bond acceptors (Lipinski definition) is 4. The van der Waals surface area contributed by atoms with Crippen LogP contribution in [0.25, 0.3) is 0 Å². The highest BCUT2D eigenvalue weighted by atomic mass is 79.9. The fourth-order valence-corrected chi connectivity index (χ4v) is 3.52. The Morgan fingerprint density at radius 1 is 1.59 bits per heavy atom. The van der Waals surface area contributed by atoms with Crippen LogP contribution in [0.2, 0.25) is 0 Å². The summed E-state index contributed by atoms with van der Waals surface area (Å²) in [4.78, 5) is 1.26. The summed E-state index contributed by atoms with van der Waals surface area (Å²) in [5.41, 5.74) is 1.11.